The number of hydrogen-bond donors (Lipinski definition) is 0. The summed E-state index contributed by atoms with van der Waals surface area (Å²) >= 11 is 6.01. The van der Waals surface area contributed by atoms with Crippen molar-refractivity contribution in [2.75, 3.05) is 24.5 Å². The molecule has 1 unspecified atom stereocenters. The Hall–Kier alpha value is -3.70. The summed E-state index contributed by atoms with van der Waals surface area (Å²) in [5, 5.41) is 0.708. The van der Waals surface area contributed by atoms with Gasteiger partial charge in [-0.2, -0.15) is 0 Å². The number of anilines is 1. The van der Waals surface area contributed by atoms with Crippen LogP contribution in [0, 0.1) is 0 Å². The molecule has 0 spiro atoms. The number of carbonyl (C=O) groups excluding carboxylic acids is 1. The number of halogens is 1. The number of nitrogens with zero attached hydrogens (tertiary/aromatic N) is 4. The Morgan fingerprint density at radius 3 is 2.15 bits per heavy atom. The fourth-order valence-electron chi connectivity index (χ4n) is 4.43. The van der Waals surface area contributed by atoms with Crippen molar-refractivity contribution in [2.45, 2.75) is 12.5 Å². The highest BCUT2D eigenvalue weighted by atomic mass is 35.5. The number of benzene rings is 3. The third-order valence-electron chi connectivity index (χ3n) is 6.20. The van der Waals surface area contributed by atoms with Crippen LogP contribution in [-0.2, 0) is 6.42 Å². The Morgan fingerprint density at radius 1 is 0.824 bits per heavy atom. The molecule has 3 aromatic carbocycles. The van der Waals surface area contributed by atoms with Gasteiger partial charge in [0.25, 0.3) is 5.91 Å². The van der Waals surface area contributed by atoms with E-state index in [2.05, 4.69) is 27.0 Å². The average Bonchev–Trinajstić information content (AvgIpc) is 2.90. The maximum atomic E-state index is 13.6. The van der Waals surface area contributed by atoms with Crippen molar-refractivity contribution in [3.05, 3.63) is 113 Å². The second-order valence-electron chi connectivity index (χ2n) is 8.42. The zero-order valence-electron chi connectivity index (χ0n) is 18.7. The maximum absolute atomic E-state index is 13.6. The number of aromatic nitrogens is 2. The zero-order valence-corrected chi connectivity index (χ0v) is 19.5. The third-order valence-corrected chi connectivity index (χ3v) is 6.45. The Balaban J connectivity index is 1.37. The van der Waals surface area contributed by atoms with E-state index in [0.717, 1.165) is 17.5 Å². The van der Waals surface area contributed by atoms with Crippen LogP contribution in [0.25, 0.3) is 11.1 Å². The zero-order chi connectivity index (χ0) is 23.3. The molecule has 1 fully saturated rings. The first-order valence-electron chi connectivity index (χ1n) is 11.4. The Kier molecular flexibility index (Phi) is 6.54. The molecule has 34 heavy (non-hydrogen) atoms. The minimum atomic E-state index is 0.0170. The standard InChI is InChI=1S/C28H25ClN4O/c29-25-13-11-23(12-14-25)22-7-9-24(10-8-22)27(34)33-18-17-32(28-30-15-4-16-31-28)20-26(33)19-21-5-2-1-3-6-21/h1-16,26H,17-20H2. The van der Waals surface area contributed by atoms with Crippen LogP contribution < -0.4 is 4.90 Å². The van der Waals surface area contributed by atoms with E-state index in [1.54, 1.807) is 12.4 Å². The summed E-state index contributed by atoms with van der Waals surface area (Å²) in [6, 6.07) is 27.7. The minimum absolute atomic E-state index is 0.0170. The highest BCUT2D eigenvalue weighted by Crippen LogP contribution is 2.24. The van der Waals surface area contributed by atoms with Gasteiger partial charge in [-0.3, -0.25) is 4.79 Å². The first kappa shape index (κ1) is 22.1. The van der Waals surface area contributed by atoms with E-state index in [-0.39, 0.29) is 11.9 Å². The van der Waals surface area contributed by atoms with Crippen LogP contribution in [0.2, 0.25) is 5.02 Å². The van der Waals surface area contributed by atoms with Crippen LogP contribution in [0.4, 0.5) is 5.95 Å². The van der Waals surface area contributed by atoms with Crippen molar-refractivity contribution in [1.82, 2.24) is 14.9 Å². The quantitative estimate of drug-likeness (QED) is 0.395. The van der Waals surface area contributed by atoms with Gasteiger partial charge in [0, 0.05) is 42.6 Å². The third kappa shape index (κ3) is 4.95. The van der Waals surface area contributed by atoms with E-state index in [1.807, 2.05) is 77.7 Å². The summed E-state index contributed by atoms with van der Waals surface area (Å²) in [5.74, 6) is 0.761. The lowest BCUT2D eigenvalue weighted by Crippen LogP contribution is -2.56. The predicted octanol–water partition coefficient (Wildman–Crippen LogP) is 5.37. The molecule has 0 N–H and O–H groups in total. The van der Waals surface area contributed by atoms with Gasteiger partial charge in [0.1, 0.15) is 0 Å². The molecule has 5 nitrogen and oxygen atoms in total. The largest absolute Gasteiger partial charge is 0.337 e. The molecule has 5 rings (SSSR count). The van der Waals surface area contributed by atoms with Crippen molar-refractivity contribution in [2.24, 2.45) is 0 Å². The van der Waals surface area contributed by atoms with Crippen LogP contribution in [0.1, 0.15) is 15.9 Å². The highest BCUT2D eigenvalue weighted by Gasteiger charge is 2.32. The fraction of sp³-hybridized carbons (Fsp3) is 0.179. The molecule has 1 saturated heterocycles. The van der Waals surface area contributed by atoms with E-state index in [9.17, 15) is 4.79 Å². The minimum Gasteiger partial charge on any atom is -0.337 e. The number of piperazine rings is 1. The van der Waals surface area contributed by atoms with Gasteiger partial charge in [-0.1, -0.05) is 66.2 Å². The molecule has 0 bridgehead atoms. The lowest BCUT2D eigenvalue weighted by atomic mass is 10.00. The molecule has 4 aromatic rings. The van der Waals surface area contributed by atoms with Crippen LogP contribution in [-0.4, -0.2) is 46.5 Å². The number of hydrogen-bond acceptors (Lipinski definition) is 4. The van der Waals surface area contributed by atoms with Gasteiger partial charge in [-0.05, 0) is 53.4 Å². The topological polar surface area (TPSA) is 49.3 Å². The SMILES string of the molecule is O=C(c1ccc(-c2ccc(Cl)cc2)cc1)N1CCN(c2ncccn2)CC1Cc1ccccc1. The first-order chi connectivity index (χ1) is 16.7. The summed E-state index contributed by atoms with van der Waals surface area (Å²) < 4.78 is 0. The maximum Gasteiger partial charge on any atom is 0.254 e. The predicted molar refractivity (Wildman–Crippen MR) is 136 cm³/mol. The van der Waals surface area contributed by atoms with E-state index < -0.39 is 0 Å². The molecule has 1 aromatic heterocycles. The van der Waals surface area contributed by atoms with Gasteiger partial charge in [-0.15, -0.1) is 0 Å². The fourth-order valence-corrected chi connectivity index (χ4v) is 4.56. The second kappa shape index (κ2) is 10.1. The second-order valence-corrected chi connectivity index (χ2v) is 8.86. The van der Waals surface area contributed by atoms with E-state index in [0.29, 0.717) is 36.2 Å². The monoisotopic (exact) mass is 468 g/mol. The van der Waals surface area contributed by atoms with Gasteiger partial charge < -0.3 is 9.80 Å². The van der Waals surface area contributed by atoms with Gasteiger partial charge in [0.2, 0.25) is 5.95 Å². The summed E-state index contributed by atoms with van der Waals surface area (Å²) in [6.07, 6.45) is 4.29. The average molecular weight is 469 g/mol. The Labute approximate surface area is 204 Å². The molecular formula is C28H25ClN4O. The van der Waals surface area contributed by atoms with Crippen LogP contribution >= 0.6 is 11.6 Å². The molecule has 1 aliphatic heterocycles. The van der Waals surface area contributed by atoms with E-state index in [1.165, 1.54) is 5.56 Å². The highest BCUT2D eigenvalue weighted by molar-refractivity contribution is 6.30. The molecule has 6 heteroatoms. The lowest BCUT2D eigenvalue weighted by Gasteiger charge is -2.41. The Bertz CT molecular complexity index is 1230. The normalized spacial score (nSPS) is 15.9. The molecule has 170 valence electrons. The van der Waals surface area contributed by atoms with Crippen LogP contribution in [0.3, 0.4) is 0 Å². The first-order valence-corrected chi connectivity index (χ1v) is 11.8. The van der Waals surface area contributed by atoms with Crippen molar-refractivity contribution >= 4 is 23.5 Å². The molecule has 1 amide bonds. The smallest absolute Gasteiger partial charge is 0.254 e. The molecule has 0 saturated carbocycles. The van der Waals surface area contributed by atoms with E-state index >= 15 is 0 Å². The molecule has 1 atom stereocenters. The van der Waals surface area contributed by atoms with Crippen molar-refractivity contribution in [1.29, 1.82) is 0 Å². The summed E-state index contributed by atoms with van der Waals surface area (Å²) in [7, 11) is 0. The molecule has 0 aliphatic carbocycles. The number of amides is 1. The molecule has 2 heterocycles. The van der Waals surface area contributed by atoms with Crippen molar-refractivity contribution in [3.63, 3.8) is 0 Å². The summed E-state index contributed by atoms with van der Waals surface area (Å²) in [5.41, 5.74) is 4.03. The van der Waals surface area contributed by atoms with Gasteiger partial charge in [0.05, 0.1) is 6.04 Å². The summed E-state index contributed by atoms with van der Waals surface area (Å²) in [4.78, 5) is 26.6. The molecule has 0 radical (unpaired) electrons. The lowest BCUT2D eigenvalue weighted by molar-refractivity contribution is 0.0655. The van der Waals surface area contributed by atoms with Crippen molar-refractivity contribution in [3.8, 4) is 11.1 Å². The number of rotatable bonds is 5. The van der Waals surface area contributed by atoms with Gasteiger partial charge >= 0.3 is 0 Å². The summed E-state index contributed by atoms with van der Waals surface area (Å²) in [6.45, 7) is 2.00. The number of carbonyl (C=O) groups is 1. The van der Waals surface area contributed by atoms with Crippen LogP contribution in [0.15, 0.2) is 97.3 Å². The van der Waals surface area contributed by atoms with E-state index in [4.69, 9.17) is 11.6 Å². The van der Waals surface area contributed by atoms with Gasteiger partial charge in [0.15, 0.2) is 0 Å². The van der Waals surface area contributed by atoms with Crippen molar-refractivity contribution < 1.29 is 4.79 Å². The Morgan fingerprint density at radius 2 is 1.47 bits per heavy atom. The van der Waals surface area contributed by atoms with Crippen LogP contribution in [0.5, 0.6) is 0 Å². The van der Waals surface area contributed by atoms with Gasteiger partial charge in [-0.25, -0.2) is 9.97 Å². The molecule has 1 aliphatic rings. The molecular weight excluding hydrogens is 444 g/mol.